The summed E-state index contributed by atoms with van der Waals surface area (Å²) in [5.41, 5.74) is 0.710. The number of hydrogen-bond acceptors (Lipinski definition) is 7. The van der Waals surface area contributed by atoms with E-state index >= 15 is 0 Å². The largest absolute Gasteiger partial charge is 0.481 e. The maximum Gasteiger partial charge on any atom is 0.277 e. The van der Waals surface area contributed by atoms with Crippen molar-refractivity contribution in [2.75, 3.05) is 14.2 Å². The zero-order valence-corrected chi connectivity index (χ0v) is 13.5. The fourth-order valence-electron chi connectivity index (χ4n) is 2.38. The molecule has 0 N–H and O–H groups in total. The molecule has 1 aromatic carbocycles. The van der Waals surface area contributed by atoms with Gasteiger partial charge in [-0.1, -0.05) is 25.1 Å². The number of aromatic nitrogens is 2. The molecule has 8 heteroatoms. The van der Waals surface area contributed by atoms with Gasteiger partial charge in [0.2, 0.25) is 11.8 Å². The molecule has 8 nitrogen and oxygen atoms in total. The molecule has 0 aliphatic rings. The van der Waals surface area contributed by atoms with Crippen molar-refractivity contribution >= 4 is 5.69 Å². The van der Waals surface area contributed by atoms with Crippen LogP contribution in [0.1, 0.15) is 29.8 Å². The van der Waals surface area contributed by atoms with Crippen molar-refractivity contribution in [1.29, 1.82) is 5.26 Å². The average Bonchev–Trinajstić information content (AvgIpc) is 2.61. The van der Waals surface area contributed by atoms with Crippen LogP contribution in [-0.2, 0) is 6.42 Å². The summed E-state index contributed by atoms with van der Waals surface area (Å²) in [6.45, 7) is 1.82. The first-order valence-corrected chi connectivity index (χ1v) is 7.18. The van der Waals surface area contributed by atoms with Gasteiger partial charge in [0.15, 0.2) is 5.82 Å². The Balaban J connectivity index is 2.66. The molecule has 1 aromatic heterocycles. The lowest BCUT2D eigenvalue weighted by molar-refractivity contribution is -0.386. The molecule has 0 radical (unpaired) electrons. The Morgan fingerprint density at radius 1 is 1.29 bits per heavy atom. The lowest BCUT2D eigenvalue weighted by Gasteiger charge is -2.12. The number of benzene rings is 1. The molecule has 0 amide bonds. The second kappa shape index (κ2) is 7.37. The third-order valence-electron chi connectivity index (χ3n) is 3.53. The summed E-state index contributed by atoms with van der Waals surface area (Å²) in [5.74, 6) is -0.497. The summed E-state index contributed by atoms with van der Waals surface area (Å²) in [6, 6.07) is 8.41. The minimum Gasteiger partial charge on any atom is -0.481 e. The van der Waals surface area contributed by atoms with E-state index in [4.69, 9.17) is 9.47 Å². The van der Waals surface area contributed by atoms with E-state index in [-0.39, 0.29) is 28.8 Å². The van der Waals surface area contributed by atoms with E-state index in [2.05, 4.69) is 9.97 Å². The number of rotatable bonds is 6. The highest BCUT2D eigenvalue weighted by Gasteiger charge is 2.28. The van der Waals surface area contributed by atoms with Gasteiger partial charge in [-0.15, -0.1) is 0 Å². The second-order valence-corrected chi connectivity index (χ2v) is 4.84. The van der Waals surface area contributed by atoms with Crippen LogP contribution in [0.25, 0.3) is 0 Å². The summed E-state index contributed by atoms with van der Waals surface area (Å²) in [6.07, 6.45) is 0.477. The zero-order valence-electron chi connectivity index (χ0n) is 13.5. The van der Waals surface area contributed by atoms with Crippen molar-refractivity contribution < 1.29 is 14.4 Å². The number of nitriles is 1. The lowest BCUT2D eigenvalue weighted by Crippen LogP contribution is -2.10. The van der Waals surface area contributed by atoms with Crippen molar-refractivity contribution in [3.63, 3.8) is 0 Å². The number of nitro groups is 1. The number of methoxy groups -OCH3 is 2. The molecular formula is C16H16N4O4. The lowest BCUT2D eigenvalue weighted by atomic mass is 9.94. The molecule has 1 unspecified atom stereocenters. The second-order valence-electron chi connectivity index (χ2n) is 4.84. The third-order valence-corrected chi connectivity index (χ3v) is 3.53. The van der Waals surface area contributed by atoms with Crippen molar-refractivity contribution in [3.05, 3.63) is 51.3 Å². The standard InChI is InChI=1S/C16H16N4O4/c1-4-10-6-5-7-11(15(10)20(21)22)12(9-17)16-18-13(23-2)8-14(19-16)24-3/h5-8,12H,4H2,1-3H3. The quantitative estimate of drug-likeness (QED) is 0.592. The van der Waals surface area contributed by atoms with E-state index in [0.717, 1.165) is 0 Å². The molecule has 24 heavy (non-hydrogen) atoms. The van der Waals surface area contributed by atoms with Crippen LogP contribution in [0.5, 0.6) is 11.8 Å². The SMILES string of the molecule is CCc1cccc(C(C#N)c2nc(OC)cc(OC)n2)c1[N+](=O)[O-]. The first-order valence-electron chi connectivity index (χ1n) is 7.18. The first kappa shape index (κ1) is 17.1. The topological polar surface area (TPSA) is 111 Å². The number of nitrogens with zero attached hydrogens (tertiary/aromatic N) is 4. The van der Waals surface area contributed by atoms with Gasteiger partial charge in [0, 0.05) is 5.56 Å². The molecule has 0 saturated heterocycles. The number of aryl methyl sites for hydroxylation is 1. The molecule has 0 aliphatic heterocycles. The highest BCUT2D eigenvalue weighted by atomic mass is 16.6. The predicted molar refractivity (Wildman–Crippen MR) is 85.1 cm³/mol. The van der Waals surface area contributed by atoms with Crippen LogP contribution in [0.2, 0.25) is 0 Å². The van der Waals surface area contributed by atoms with E-state index in [1.54, 1.807) is 18.2 Å². The van der Waals surface area contributed by atoms with Gasteiger partial charge in [0.25, 0.3) is 5.69 Å². The summed E-state index contributed by atoms with van der Waals surface area (Å²) in [5, 5.41) is 21.1. The Labute approximate surface area is 138 Å². The predicted octanol–water partition coefficient (Wildman–Crippen LogP) is 2.62. The van der Waals surface area contributed by atoms with Gasteiger partial charge < -0.3 is 9.47 Å². The van der Waals surface area contributed by atoms with E-state index in [1.807, 2.05) is 13.0 Å². The number of ether oxygens (including phenoxy) is 2. The molecule has 0 saturated carbocycles. The minimum absolute atomic E-state index is 0.0862. The number of hydrogen-bond donors (Lipinski definition) is 0. The van der Waals surface area contributed by atoms with Crippen LogP contribution in [0, 0.1) is 21.4 Å². The molecule has 2 aromatic rings. The van der Waals surface area contributed by atoms with Crippen LogP contribution < -0.4 is 9.47 Å². The van der Waals surface area contributed by atoms with Crippen LogP contribution in [0.4, 0.5) is 5.69 Å². The Bertz CT molecular complexity index is 779. The molecule has 2 rings (SSSR count). The van der Waals surface area contributed by atoms with Gasteiger partial charge in [0.1, 0.15) is 5.92 Å². The highest BCUT2D eigenvalue weighted by Crippen LogP contribution is 2.34. The number of para-hydroxylation sites is 1. The van der Waals surface area contributed by atoms with Crippen molar-refractivity contribution in [1.82, 2.24) is 9.97 Å². The van der Waals surface area contributed by atoms with Crippen LogP contribution >= 0.6 is 0 Å². The van der Waals surface area contributed by atoms with E-state index in [0.29, 0.717) is 12.0 Å². The Morgan fingerprint density at radius 2 is 1.92 bits per heavy atom. The summed E-state index contributed by atoms with van der Waals surface area (Å²) < 4.78 is 10.2. The molecule has 0 spiro atoms. The van der Waals surface area contributed by atoms with E-state index in [9.17, 15) is 15.4 Å². The van der Waals surface area contributed by atoms with E-state index in [1.165, 1.54) is 20.3 Å². The van der Waals surface area contributed by atoms with Gasteiger partial charge in [-0.05, 0) is 6.42 Å². The van der Waals surface area contributed by atoms with Gasteiger partial charge in [-0.3, -0.25) is 10.1 Å². The molecular weight excluding hydrogens is 312 g/mol. The fraction of sp³-hybridized carbons (Fsp3) is 0.312. The maximum absolute atomic E-state index is 11.5. The van der Waals surface area contributed by atoms with Gasteiger partial charge >= 0.3 is 0 Å². The molecule has 1 heterocycles. The third kappa shape index (κ3) is 3.25. The van der Waals surface area contributed by atoms with Crippen molar-refractivity contribution in [2.24, 2.45) is 0 Å². The first-order chi connectivity index (χ1) is 11.5. The number of nitro benzene ring substituents is 1. The Hall–Kier alpha value is -3.21. The van der Waals surface area contributed by atoms with Crippen molar-refractivity contribution in [2.45, 2.75) is 19.3 Å². The fourth-order valence-corrected chi connectivity index (χ4v) is 2.38. The van der Waals surface area contributed by atoms with Gasteiger partial charge in [0.05, 0.1) is 36.8 Å². The van der Waals surface area contributed by atoms with E-state index < -0.39 is 10.8 Å². The van der Waals surface area contributed by atoms with Gasteiger partial charge in [-0.2, -0.15) is 15.2 Å². The molecule has 0 aliphatic carbocycles. The summed E-state index contributed by atoms with van der Waals surface area (Å²) in [7, 11) is 2.85. The monoisotopic (exact) mass is 328 g/mol. The van der Waals surface area contributed by atoms with Gasteiger partial charge in [-0.25, -0.2) is 0 Å². The molecule has 124 valence electrons. The molecule has 0 bridgehead atoms. The maximum atomic E-state index is 11.5. The zero-order chi connectivity index (χ0) is 17.7. The normalized spacial score (nSPS) is 11.4. The summed E-state index contributed by atoms with van der Waals surface area (Å²) in [4.78, 5) is 19.3. The average molecular weight is 328 g/mol. The van der Waals surface area contributed by atoms with Crippen molar-refractivity contribution in [3.8, 4) is 17.8 Å². The Morgan fingerprint density at radius 3 is 2.38 bits per heavy atom. The van der Waals surface area contributed by atoms with Crippen LogP contribution in [0.3, 0.4) is 0 Å². The minimum atomic E-state index is -1.01. The van der Waals surface area contributed by atoms with Crippen LogP contribution in [-0.4, -0.2) is 29.1 Å². The highest BCUT2D eigenvalue weighted by molar-refractivity contribution is 5.53. The Kier molecular flexibility index (Phi) is 5.27. The molecule has 0 fully saturated rings. The smallest absolute Gasteiger partial charge is 0.277 e. The summed E-state index contributed by atoms with van der Waals surface area (Å²) >= 11 is 0. The van der Waals surface area contributed by atoms with Crippen LogP contribution in [0.15, 0.2) is 24.3 Å². The molecule has 1 atom stereocenters.